The molecule has 0 radical (unpaired) electrons. The summed E-state index contributed by atoms with van der Waals surface area (Å²) in [6.45, 7) is 4.88. The topological polar surface area (TPSA) is 67.0 Å². The van der Waals surface area contributed by atoms with E-state index in [0.717, 1.165) is 24.0 Å². The molecule has 23 heavy (non-hydrogen) atoms. The minimum Gasteiger partial charge on any atom is -0.376 e. The maximum atomic E-state index is 12.6. The SMILES string of the molecule is CC1CC(CNC(=O)c2ccccc2-c2cn[nH]c2)CC(C)O1. The molecule has 2 unspecified atom stereocenters. The first-order valence-electron chi connectivity index (χ1n) is 8.15. The van der Waals surface area contributed by atoms with Gasteiger partial charge in [-0.1, -0.05) is 18.2 Å². The summed E-state index contributed by atoms with van der Waals surface area (Å²) in [6, 6.07) is 7.61. The zero-order valence-corrected chi connectivity index (χ0v) is 13.6. The third-order valence-electron chi connectivity index (χ3n) is 4.33. The predicted molar refractivity (Wildman–Crippen MR) is 89.1 cm³/mol. The van der Waals surface area contributed by atoms with Crippen LogP contribution < -0.4 is 5.32 Å². The molecule has 1 aliphatic heterocycles. The van der Waals surface area contributed by atoms with E-state index in [1.165, 1.54) is 0 Å². The molecule has 2 N–H and O–H groups in total. The van der Waals surface area contributed by atoms with Gasteiger partial charge in [0.2, 0.25) is 0 Å². The van der Waals surface area contributed by atoms with Gasteiger partial charge in [-0.05, 0) is 44.2 Å². The third-order valence-corrected chi connectivity index (χ3v) is 4.33. The molecule has 1 amide bonds. The monoisotopic (exact) mass is 313 g/mol. The lowest BCUT2D eigenvalue weighted by molar-refractivity contribution is -0.0513. The summed E-state index contributed by atoms with van der Waals surface area (Å²) in [5.74, 6) is 0.437. The average molecular weight is 313 g/mol. The quantitative estimate of drug-likeness (QED) is 0.912. The normalized spacial score (nSPS) is 24.3. The van der Waals surface area contributed by atoms with E-state index in [-0.39, 0.29) is 18.1 Å². The Balaban J connectivity index is 1.67. The van der Waals surface area contributed by atoms with E-state index >= 15 is 0 Å². The average Bonchev–Trinajstić information content (AvgIpc) is 3.06. The van der Waals surface area contributed by atoms with Crippen molar-refractivity contribution < 1.29 is 9.53 Å². The van der Waals surface area contributed by atoms with Crippen molar-refractivity contribution in [1.82, 2.24) is 15.5 Å². The molecular formula is C18H23N3O2. The van der Waals surface area contributed by atoms with E-state index in [4.69, 9.17) is 4.74 Å². The first-order valence-corrected chi connectivity index (χ1v) is 8.15. The summed E-state index contributed by atoms with van der Waals surface area (Å²) >= 11 is 0. The number of nitrogens with one attached hydrogen (secondary N) is 2. The lowest BCUT2D eigenvalue weighted by Crippen LogP contribution is -2.37. The van der Waals surface area contributed by atoms with Gasteiger partial charge in [0, 0.05) is 23.9 Å². The molecule has 1 saturated heterocycles. The van der Waals surface area contributed by atoms with Gasteiger partial charge in [-0.2, -0.15) is 5.10 Å². The highest BCUT2D eigenvalue weighted by molar-refractivity contribution is 6.00. The third kappa shape index (κ3) is 3.79. The number of nitrogens with zero attached hydrogens (tertiary/aromatic N) is 1. The Hall–Kier alpha value is -2.14. The van der Waals surface area contributed by atoms with Crippen LogP contribution in [0.25, 0.3) is 11.1 Å². The number of amides is 1. The van der Waals surface area contributed by atoms with Gasteiger partial charge < -0.3 is 10.1 Å². The Morgan fingerprint density at radius 1 is 1.30 bits per heavy atom. The molecule has 2 heterocycles. The molecule has 1 fully saturated rings. The Morgan fingerprint density at radius 3 is 2.74 bits per heavy atom. The van der Waals surface area contributed by atoms with Gasteiger partial charge in [0.05, 0.1) is 18.4 Å². The molecule has 122 valence electrons. The molecule has 0 spiro atoms. The van der Waals surface area contributed by atoms with Crippen LogP contribution >= 0.6 is 0 Å². The fourth-order valence-electron chi connectivity index (χ4n) is 3.37. The lowest BCUT2D eigenvalue weighted by Gasteiger charge is -2.32. The van der Waals surface area contributed by atoms with Gasteiger partial charge in [-0.3, -0.25) is 9.89 Å². The van der Waals surface area contributed by atoms with Gasteiger partial charge in [0.25, 0.3) is 5.91 Å². The van der Waals surface area contributed by atoms with Crippen LogP contribution in [0, 0.1) is 5.92 Å². The molecular weight excluding hydrogens is 290 g/mol. The maximum absolute atomic E-state index is 12.6. The van der Waals surface area contributed by atoms with Crippen LogP contribution in [-0.4, -0.2) is 34.9 Å². The number of hydrogen-bond acceptors (Lipinski definition) is 3. The summed E-state index contributed by atoms with van der Waals surface area (Å²) in [5, 5.41) is 9.84. The zero-order chi connectivity index (χ0) is 16.2. The molecule has 3 rings (SSSR count). The van der Waals surface area contributed by atoms with Crippen molar-refractivity contribution in [2.24, 2.45) is 5.92 Å². The molecule has 1 aromatic carbocycles. The van der Waals surface area contributed by atoms with E-state index in [9.17, 15) is 4.79 Å². The Morgan fingerprint density at radius 2 is 2.04 bits per heavy atom. The van der Waals surface area contributed by atoms with Gasteiger partial charge in [0.15, 0.2) is 0 Å². The number of aromatic amines is 1. The van der Waals surface area contributed by atoms with Crippen molar-refractivity contribution in [3.05, 3.63) is 42.2 Å². The van der Waals surface area contributed by atoms with Crippen molar-refractivity contribution >= 4 is 5.91 Å². The first-order chi connectivity index (χ1) is 11.1. The predicted octanol–water partition coefficient (Wildman–Crippen LogP) is 3.01. The van der Waals surface area contributed by atoms with Crippen molar-refractivity contribution in [3.63, 3.8) is 0 Å². The fraction of sp³-hybridized carbons (Fsp3) is 0.444. The summed E-state index contributed by atoms with van der Waals surface area (Å²) in [7, 11) is 0. The number of carbonyl (C=O) groups excluding carboxylic acids is 1. The van der Waals surface area contributed by atoms with Gasteiger partial charge in [-0.25, -0.2) is 0 Å². The fourth-order valence-corrected chi connectivity index (χ4v) is 3.37. The number of rotatable bonds is 4. The number of H-pyrrole nitrogens is 1. The molecule has 5 heteroatoms. The molecule has 1 aliphatic rings. The molecule has 0 aliphatic carbocycles. The first kappa shape index (κ1) is 15.7. The van der Waals surface area contributed by atoms with Crippen molar-refractivity contribution in [3.8, 4) is 11.1 Å². The van der Waals surface area contributed by atoms with Crippen LogP contribution in [0.15, 0.2) is 36.7 Å². The van der Waals surface area contributed by atoms with E-state index < -0.39 is 0 Å². The van der Waals surface area contributed by atoms with Crippen LogP contribution in [0.1, 0.15) is 37.0 Å². The van der Waals surface area contributed by atoms with Gasteiger partial charge >= 0.3 is 0 Å². The summed E-state index contributed by atoms with van der Waals surface area (Å²) in [4.78, 5) is 12.6. The summed E-state index contributed by atoms with van der Waals surface area (Å²) < 4.78 is 5.75. The van der Waals surface area contributed by atoms with Crippen LogP contribution in [0.4, 0.5) is 0 Å². The zero-order valence-electron chi connectivity index (χ0n) is 13.6. The van der Waals surface area contributed by atoms with Crippen LogP contribution in [0.3, 0.4) is 0 Å². The van der Waals surface area contributed by atoms with Crippen molar-refractivity contribution in [2.45, 2.75) is 38.9 Å². The Kier molecular flexibility index (Phi) is 4.76. The van der Waals surface area contributed by atoms with E-state index in [0.29, 0.717) is 18.0 Å². The van der Waals surface area contributed by atoms with Crippen LogP contribution in [0.5, 0.6) is 0 Å². The number of ether oxygens (including phenoxy) is 1. The molecule has 1 aromatic heterocycles. The summed E-state index contributed by atoms with van der Waals surface area (Å²) in [6.07, 6.45) is 6.04. The van der Waals surface area contributed by atoms with Crippen molar-refractivity contribution in [2.75, 3.05) is 6.54 Å². The molecule has 2 aromatic rings. The number of hydrogen-bond donors (Lipinski definition) is 2. The lowest BCUT2D eigenvalue weighted by atomic mass is 9.92. The second-order valence-corrected chi connectivity index (χ2v) is 6.34. The molecule has 5 nitrogen and oxygen atoms in total. The highest BCUT2D eigenvalue weighted by Crippen LogP contribution is 2.25. The van der Waals surface area contributed by atoms with E-state index in [1.54, 1.807) is 12.4 Å². The van der Waals surface area contributed by atoms with Crippen molar-refractivity contribution in [1.29, 1.82) is 0 Å². The highest BCUT2D eigenvalue weighted by atomic mass is 16.5. The number of aromatic nitrogens is 2. The van der Waals surface area contributed by atoms with E-state index in [2.05, 4.69) is 29.4 Å². The largest absolute Gasteiger partial charge is 0.376 e. The Bertz CT molecular complexity index is 644. The number of benzene rings is 1. The second kappa shape index (κ2) is 6.96. The maximum Gasteiger partial charge on any atom is 0.251 e. The molecule has 2 atom stereocenters. The Labute approximate surface area is 136 Å². The number of carbonyl (C=O) groups is 1. The van der Waals surface area contributed by atoms with Crippen LogP contribution in [-0.2, 0) is 4.74 Å². The smallest absolute Gasteiger partial charge is 0.251 e. The van der Waals surface area contributed by atoms with Gasteiger partial charge in [-0.15, -0.1) is 0 Å². The van der Waals surface area contributed by atoms with Crippen LogP contribution in [0.2, 0.25) is 0 Å². The van der Waals surface area contributed by atoms with E-state index in [1.807, 2.05) is 24.3 Å². The van der Waals surface area contributed by atoms with Gasteiger partial charge in [0.1, 0.15) is 0 Å². The standard InChI is InChI=1S/C18H23N3O2/c1-12-7-14(8-13(2)23-12)9-19-18(22)17-6-4-3-5-16(17)15-10-20-21-11-15/h3-6,10-14H,7-9H2,1-2H3,(H,19,22)(H,20,21). The highest BCUT2D eigenvalue weighted by Gasteiger charge is 2.25. The minimum atomic E-state index is -0.0337. The minimum absolute atomic E-state index is 0.0337. The summed E-state index contributed by atoms with van der Waals surface area (Å²) in [5.41, 5.74) is 2.50. The molecule has 0 bridgehead atoms. The molecule has 0 saturated carbocycles. The second-order valence-electron chi connectivity index (χ2n) is 6.34.